The molecule has 0 spiro atoms. The van der Waals surface area contributed by atoms with Gasteiger partial charge in [-0.25, -0.2) is 0 Å². The molecular formula is C14H17NO. The molecule has 1 aromatic heterocycles. The van der Waals surface area contributed by atoms with Crippen LogP contribution >= 0.6 is 0 Å². The Kier molecular flexibility index (Phi) is 2.44. The average Bonchev–Trinajstić information content (AvgIpc) is 2.72. The van der Waals surface area contributed by atoms with Crippen molar-refractivity contribution in [3.8, 4) is 0 Å². The van der Waals surface area contributed by atoms with Crippen molar-refractivity contribution in [3.63, 3.8) is 0 Å². The fraction of sp³-hybridized carbons (Fsp3) is 0.429. The highest BCUT2D eigenvalue weighted by Crippen LogP contribution is 2.33. The number of furan rings is 1. The minimum absolute atomic E-state index is 0.618. The molecule has 2 heterocycles. The molecule has 84 valence electrons. The second-order valence-electron chi connectivity index (χ2n) is 4.76. The number of benzene rings is 1. The van der Waals surface area contributed by atoms with Crippen molar-refractivity contribution in [1.82, 2.24) is 5.32 Å². The summed E-state index contributed by atoms with van der Waals surface area (Å²) in [6, 6.07) is 8.95. The predicted molar refractivity (Wildman–Crippen MR) is 65.7 cm³/mol. The van der Waals surface area contributed by atoms with Crippen molar-refractivity contribution >= 4 is 11.0 Å². The van der Waals surface area contributed by atoms with Gasteiger partial charge in [0, 0.05) is 17.0 Å². The van der Waals surface area contributed by atoms with E-state index < -0.39 is 0 Å². The lowest BCUT2D eigenvalue weighted by Gasteiger charge is -2.27. The molecule has 2 aromatic rings. The van der Waals surface area contributed by atoms with Gasteiger partial charge in [-0.2, -0.15) is 0 Å². The summed E-state index contributed by atoms with van der Waals surface area (Å²) in [6.07, 6.45) is 4.38. The van der Waals surface area contributed by atoms with Crippen LogP contribution in [0.3, 0.4) is 0 Å². The molecule has 3 rings (SSSR count). The van der Waals surface area contributed by atoms with Crippen molar-refractivity contribution in [2.75, 3.05) is 6.54 Å². The quantitative estimate of drug-likeness (QED) is 0.789. The molecule has 2 atom stereocenters. The van der Waals surface area contributed by atoms with Crippen LogP contribution in [0, 0.1) is 0 Å². The Hall–Kier alpha value is -1.28. The summed E-state index contributed by atoms with van der Waals surface area (Å²) in [6.45, 7) is 3.37. The standard InChI is InChI=1S/C14H17NO/c1-10-8-11(6-7-15-10)13-9-16-14-5-3-2-4-12(13)14/h2-5,9-11,15H,6-8H2,1H3/t10-,11+/m0/s1. The number of rotatable bonds is 1. The minimum atomic E-state index is 0.618. The van der Waals surface area contributed by atoms with E-state index in [2.05, 4.69) is 24.4 Å². The summed E-state index contributed by atoms with van der Waals surface area (Å²) in [7, 11) is 0. The van der Waals surface area contributed by atoms with E-state index in [0.29, 0.717) is 12.0 Å². The molecule has 0 bridgehead atoms. The maximum atomic E-state index is 5.62. The van der Waals surface area contributed by atoms with Crippen LogP contribution in [-0.4, -0.2) is 12.6 Å². The fourth-order valence-electron chi connectivity index (χ4n) is 2.73. The third kappa shape index (κ3) is 1.63. The summed E-state index contributed by atoms with van der Waals surface area (Å²) < 4.78 is 5.62. The first-order chi connectivity index (χ1) is 7.84. The highest BCUT2D eigenvalue weighted by molar-refractivity contribution is 5.81. The van der Waals surface area contributed by atoms with Crippen LogP contribution in [0.2, 0.25) is 0 Å². The van der Waals surface area contributed by atoms with Crippen molar-refractivity contribution in [2.45, 2.75) is 31.7 Å². The zero-order chi connectivity index (χ0) is 11.0. The van der Waals surface area contributed by atoms with Crippen LogP contribution in [0.5, 0.6) is 0 Å². The van der Waals surface area contributed by atoms with E-state index in [1.54, 1.807) is 0 Å². The summed E-state index contributed by atoms with van der Waals surface area (Å²) in [5.74, 6) is 0.653. The molecule has 1 aliphatic rings. The molecule has 1 N–H and O–H groups in total. The maximum absolute atomic E-state index is 5.62. The monoisotopic (exact) mass is 215 g/mol. The van der Waals surface area contributed by atoms with Crippen LogP contribution in [0.15, 0.2) is 34.9 Å². The lowest BCUT2D eigenvalue weighted by molar-refractivity contribution is 0.380. The molecule has 0 unspecified atom stereocenters. The number of nitrogens with one attached hydrogen (secondary N) is 1. The Morgan fingerprint density at radius 1 is 1.31 bits per heavy atom. The molecule has 1 fully saturated rings. The van der Waals surface area contributed by atoms with Crippen molar-refractivity contribution in [3.05, 3.63) is 36.1 Å². The molecule has 0 saturated carbocycles. The Balaban J connectivity index is 1.99. The van der Waals surface area contributed by atoms with Gasteiger partial charge in [-0.3, -0.25) is 0 Å². The van der Waals surface area contributed by atoms with Gasteiger partial charge in [0.1, 0.15) is 5.58 Å². The first-order valence-corrected chi connectivity index (χ1v) is 6.04. The van der Waals surface area contributed by atoms with E-state index in [0.717, 1.165) is 12.1 Å². The first-order valence-electron chi connectivity index (χ1n) is 6.04. The average molecular weight is 215 g/mol. The van der Waals surface area contributed by atoms with Gasteiger partial charge in [0.05, 0.1) is 6.26 Å². The molecule has 0 amide bonds. The van der Waals surface area contributed by atoms with E-state index in [1.165, 1.54) is 23.8 Å². The second-order valence-corrected chi connectivity index (χ2v) is 4.76. The summed E-state index contributed by atoms with van der Waals surface area (Å²) in [5.41, 5.74) is 2.41. The van der Waals surface area contributed by atoms with Gasteiger partial charge in [0.15, 0.2) is 0 Å². The van der Waals surface area contributed by atoms with Crippen LogP contribution in [0.1, 0.15) is 31.2 Å². The van der Waals surface area contributed by atoms with Gasteiger partial charge in [-0.05, 0) is 38.3 Å². The topological polar surface area (TPSA) is 25.2 Å². The predicted octanol–water partition coefficient (Wildman–Crippen LogP) is 3.29. The van der Waals surface area contributed by atoms with E-state index in [-0.39, 0.29) is 0 Å². The molecular weight excluding hydrogens is 198 g/mol. The third-order valence-electron chi connectivity index (χ3n) is 3.57. The largest absolute Gasteiger partial charge is 0.464 e. The third-order valence-corrected chi connectivity index (χ3v) is 3.57. The van der Waals surface area contributed by atoms with E-state index in [1.807, 2.05) is 18.4 Å². The van der Waals surface area contributed by atoms with Crippen LogP contribution in [0.4, 0.5) is 0 Å². The molecule has 1 aliphatic heterocycles. The minimum Gasteiger partial charge on any atom is -0.464 e. The number of para-hydroxylation sites is 1. The number of piperidine rings is 1. The summed E-state index contributed by atoms with van der Waals surface area (Å²) in [4.78, 5) is 0. The van der Waals surface area contributed by atoms with Gasteiger partial charge in [0.25, 0.3) is 0 Å². The van der Waals surface area contributed by atoms with Crippen LogP contribution in [-0.2, 0) is 0 Å². The van der Waals surface area contributed by atoms with E-state index in [4.69, 9.17) is 4.42 Å². The Bertz CT molecular complexity index is 488. The normalized spacial score (nSPS) is 26.1. The Morgan fingerprint density at radius 3 is 3.06 bits per heavy atom. The first kappa shape index (κ1) is 9.91. The molecule has 2 heteroatoms. The molecule has 1 aromatic carbocycles. The SMILES string of the molecule is C[C@H]1C[C@H](c2coc3ccccc23)CCN1. The molecule has 2 nitrogen and oxygen atoms in total. The number of fused-ring (bicyclic) bond motifs is 1. The van der Waals surface area contributed by atoms with Gasteiger partial charge < -0.3 is 9.73 Å². The molecule has 0 radical (unpaired) electrons. The van der Waals surface area contributed by atoms with Crippen molar-refractivity contribution < 1.29 is 4.42 Å². The van der Waals surface area contributed by atoms with Crippen molar-refractivity contribution in [2.24, 2.45) is 0 Å². The smallest absolute Gasteiger partial charge is 0.134 e. The fourth-order valence-corrected chi connectivity index (χ4v) is 2.73. The van der Waals surface area contributed by atoms with Crippen LogP contribution in [0.25, 0.3) is 11.0 Å². The lowest BCUT2D eigenvalue weighted by atomic mass is 9.87. The van der Waals surface area contributed by atoms with E-state index in [9.17, 15) is 0 Å². The van der Waals surface area contributed by atoms with Gasteiger partial charge in [-0.15, -0.1) is 0 Å². The Labute approximate surface area is 95.6 Å². The van der Waals surface area contributed by atoms with Gasteiger partial charge in [0.2, 0.25) is 0 Å². The molecule has 1 saturated heterocycles. The van der Waals surface area contributed by atoms with Gasteiger partial charge >= 0.3 is 0 Å². The number of hydrogen-bond acceptors (Lipinski definition) is 2. The van der Waals surface area contributed by atoms with Crippen LogP contribution < -0.4 is 5.32 Å². The summed E-state index contributed by atoms with van der Waals surface area (Å²) >= 11 is 0. The zero-order valence-electron chi connectivity index (χ0n) is 9.57. The lowest BCUT2D eigenvalue weighted by Crippen LogP contribution is -2.34. The molecule has 0 aliphatic carbocycles. The summed E-state index contributed by atoms with van der Waals surface area (Å²) in [5, 5.41) is 4.78. The van der Waals surface area contributed by atoms with Gasteiger partial charge in [-0.1, -0.05) is 18.2 Å². The highest BCUT2D eigenvalue weighted by atomic mass is 16.3. The second kappa shape index (κ2) is 3.95. The maximum Gasteiger partial charge on any atom is 0.134 e. The van der Waals surface area contributed by atoms with E-state index >= 15 is 0 Å². The Morgan fingerprint density at radius 2 is 2.19 bits per heavy atom. The number of hydrogen-bond donors (Lipinski definition) is 1. The zero-order valence-corrected chi connectivity index (χ0v) is 9.57. The highest BCUT2D eigenvalue weighted by Gasteiger charge is 2.22. The molecule has 16 heavy (non-hydrogen) atoms. The van der Waals surface area contributed by atoms with Crippen molar-refractivity contribution in [1.29, 1.82) is 0 Å².